The van der Waals surface area contributed by atoms with Gasteiger partial charge in [-0.25, -0.2) is 17.1 Å². The summed E-state index contributed by atoms with van der Waals surface area (Å²) in [7, 11) is -3.21. The van der Waals surface area contributed by atoms with Gasteiger partial charge in [-0.3, -0.25) is 9.69 Å². The van der Waals surface area contributed by atoms with Crippen molar-refractivity contribution in [3.63, 3.8) is 0 Å². The third-order valence-electron chi connectivity index (χ3n) is 5.80. The Kier molecular flexibility index (Phi) is 7.01. The molecule has 8 nitrogen and oxygen atoms in total. The molecule has 0 spiro atoms. The second-order valence-electron chi connectivity index (χ2n) is 8.27. The normalized spacial score (nSPS) is 25.1. The summed E-state index contributed by atoms with van der Waals surface area (Å²) in [6.45, 7) is 3.73. The number of aliphatic hydroxyl groups is 1. The van der Waals surface area contributed by atoms with Crippen molar-refractivity contribution in [2.24, 2.45) is 0 Å². The topological polar surface area (TPSA) is 90.4 Å². The Hall–Kier alpha value is -1.75. The Morgan fingerprint density at radius 3 is 2.53 bits per heavy atom. The van der Waals surface area contributed by atoms with Crippen molar-refractivity contribution >= 4 is 15.9 Å². The smallest absolute Gasteiger partial charge is 0.219 e. The highest BCUT2D eigenvalue weighted by Gasteiger charge is 2.40. The van der Waals surface area contributed by atoms with Gasteiger partial charge in [-0.2, -0.15) is 0 Å². The second-order valence-corrected chi connectivity index (χ2v) is 10.3. The van der Waals surface area contributed by atoms with Crippen LogP contribution in [-0.4, -0.2) is 97.3 Å². The summed E-state index contributed by atoms with van der Waals surface area (Å²) in [5, 5.41) is 11.3. The monoisotopic (exact) mass is 443 g/mol. The van der Waals surface area contributed by atoms with E-state index < -0.39 is 21.4 Å². The molecule has 2 aliphatic heterocycles. The quantitative estimate of drug-likeness (QED) is 0.714. The predicted molar refractivity (Wildman–Crippen MR) is 110 cm³/mol. The van der Waals surface area contributed by atoms with Crippen molar-refractivity contribution in [1.82, 2.24) is 14.1 Å². The Labute approximate surface area is 177 Å². The van der Waals surface area contributed by atoms with Crippen LogP contribution in [0.5, 0.6) is 5.75 Å². The van der Waals surface area contributed by atoms with Gasteiger partial charge < -0.3 is 14.7 Å². The molecular formula is C20H30FN3O5S. The minimum absolute atomic E-state index is 0.0844. The second kappa shape index (κ2) is 9.17. The van der Waals surface area contributed by atoms with E-state index in [1.54, 1.807) is 11.0 Å². The molecule has 30 heavy (non-hydrogen) atoms. The maximum absolute atomic E-state index is 13.4. The first-order valence-corrected chi connectivity index (χ1v) is 12.0. The van der Waals surface area contributed by atoms with Crippen LogP contribution >= 0.6 is 0 Å². The van der Waals surface area contributed by atoms with E-state index in [0.29, 0.717) is 44.8 Å². The fourth-order valence-corrected chi connectivity index (χ4v) is 5.05. The Morgan fingerprint density at radius 1 is 1.23 bits per heavy atom. The molecule has 2 heterocycles. The highest BCUT2D eigenvalue weighted by molar-refractivity contribution is 7.88. The summed E-state index contributed by atoms with van der Waals surface area (Å²) in [6.07, 6.45) is 2.54. The van der Waals surface area contributed by atoms with E-state index in [4.69, 9.17) is 4.74 Å². The minimum Gasteiger partial charge on any atom is -0.490 e. The van der Waals surface area contributed by atoms with Crippen LogP contribution in [0.25, 0.3) is 0 Å². The van der Waals surface area contributed by atoms with E-state index in [1.807, 2.05) is 0 Å². The molecule has 1 atom stereocenters. The van der Waals surface area contributed by atoms with Crippen molar-refractivity contribution in [2.75, 3.05) is 52.1 Å². The molecule has 0 aliphatic carbocycles. The molecule has 0 aromatic heterocycles. The number of hydrogen-bond donors (Lipinski definition) is 1. The molecule has 0 bridgehead atoms. The van der Waals surface area contributed by atoms with Crippen LogP contribution in [0.3, 0.4) is 0 Å². The first-order valence-electron chi connectivity index (χ1n) is 10.1. The third kappa shape index (κ3) is 5.90. The van der Waals surface area contributed by atoms with Gasteiger partial charge in [0.25, 0.3) is 0 Å². The lowest BCUT2D eigenvalue weighted by molar-refractivity contribution is -0.132. The summed E-state index contributed by atoms with van der Waals surface area (Å²) in [5.41, 5.74) is -1.33. The Bertz CT molecular complexity index is 860. The zero-order chi connectivity index (χ0) is 21.9. The van der Waals surface area contributed by atoms with Gasteiger partial charge in [0.2, 0.25) is 15.9 Å². The van der Waals surface area contributed by atoms with E-state index in [2.05, 4.69) is 4.90 Å². The van der Waals surface area contributed by atoms with Gasteiger partial charge in [0.1, 0.15) is 23.8 Å². The number of β-amino-alcohol motifs (C(OH)–C–C–N with tert-alkyl or cyclic N) is 1. The molecule has 168 valence electrons. The number of hydrogen-bond acceptors (Lipinski definition) is 6. The van der Waals surface area contributed by atoms with Crippen molar-refractivity contribution in [2.45, 2.75) is 31.4 Å². The molecular weight excluding hydrogens is 413 g/mol. The number of carbonyl (C=O) groups excluding carboxylic acids is 1. The predicted octanol–water partition coefficient (Wildman–Crippen LogP) is 0.524. The SMILES string of the molecule is CC(=O)N1CCN(C2CCN(S(C)(=O)=O)CC2)CC(O)(COc2cccc(F)c2)C1. The van der Waals surface area contributed by atoms with Crippen molar-refractivity contribution in [3.05, 3.63) is 30.1 Å². The number of amides is 1. The molecule has 0 radical (unpaired) electrons. The number of sulfonamides is 1. The van der Waals surface area contributed by atoms with Crippen molar-refractivity contribution < 1.29 is 27.4 Å². The van der Waals surface area contributed by atoms with Crippen LogP contribution in [0.4, 0.5) is 4.39 Å². The fraction of sp³-hybridized carbons (Fsp3) is 0.650. The molecule has 1 unspecified atom stereocenters. The number of nitrogens with zero attached hydrogens (tertiary/aromatic N) is 3. The first kappa shape index (κ1) is 22.9. The van der Waals surface area contributed by atoms with Crippen LogP contribution in [-0.2, 0) is 14.8 Å². The van der Waals surface area contributed by atoms with Crippen LogP contribution in [0.15, 0.2) is 24.3 Å². The zero-order valence-electron chi connectivity index (χ0n) is 17.5. The Balaban J connectivity index is 1.70. The molecule has 0 saturated carbocycles. The maximum Gasteiger partial charge on any atom is 0.219 e. The largest absolute Gasteiger partial charge is 0.490 e. The lowest BCUT2D eigenvalue weighted by Crippen LogP contribution is -2.55. The number of piperidine rings is 1. The summed E-state index contributed by atoms with van der Waals surface area (Å²) in [6, 6.07) is 5.82. The van der Waals surface area contributed by atoms with Gasteiger partial charge >= 0.3 is 0 Å². The average molecular weight is 444 g/mol. The van der Waals surface area contributed by atoms with Crippen LogP contribution in [0.1, 0.15) is 19.8 Å². The lowest BCUT2D eigenvalue weighted by Gasteiger charge is -2.39. The lowest BCUT2D eigenvalue weighted by atomic mass is 10.00. The Morgan fingerprint density at radius 2 is 1.93 bits per heavy atom. The van der Waals surface area contributed by atoms with Crippen LogP contribution in [0.2, 0.25) is 0 Å². The highest BCUT2D eigenvalue weighted by Crippen LogP contribution is 2.24. The molecule has 1 aromatic carbocycles. The van der Waals surface area contributed by atoms with E-state index in [0.717, 1.165) is 0 Å². The molecule has 2 saturated heterocycles. The summed E-state index contributed by atoms with van der Waals surface area (Å²) in [5.74, 6) is -0.243. The fourth-order valence-electron chi connectivity index (χ4n) is 4.18. The first-order chi connectivity index (χ1) is 14.1. The van der Waals surface area contributed by atoms with Crippen LogP contribution in [0, 0.1) is 5.82 Å². The van der Waals surface area contributed by atoms with Gasteiger partial charge in [-0.15, -0.1) is 0 Å². The number of rotatable bonds is 5. The molecule has 1 N–H and O–H groups in total. The van der Waals surface area contributed by atoms with Gasteiger partial charge in [-0.1, -0.05) is 6.07 Å². The standard InChI is InChI=1S/C20H30FN3O5S/c1-16(25)22-10-11-23(18-6-8-24(9-7-18)30(2,27)28)14-20(26,13-22)15-29-19-5-3-4-17(21)12-19/h3-5,12,18,26H,6-11,13-15H2,1-2H3. The van der Waals surface area contributed by atoms with E-state index in [9.17, 15) is 22.7 Å². The summed E-state index contributed by atoms with van der Waals surface area (Å²) >= 11 is 0. The molecule has 1 amide bonds. The van der Waals surface area contributed by atoms with Gasteiger partial charge in [-0.05, 0) is 25.0 Å². The molecule has 2 aliphatic rings. The number of ether oxygens (including phenoxy) is 1. The summed E-state index contributed by atoms with van der Waals surface area (Å²) < 4.78 is 44.1. The third-order valence-corrected chi connectivity index (χ3v) is 7.10. The molecule has 10 heteroatoms. The maximum atomic E-state index is 13.4. The van der Waals surface area contributed by atoms with E-state index in [1.165, 1.54) is 35.7 Å². The zero-order valence-corrected chi connectivity index (χ0v) is 18.3. The molecule has 3 rings (SSSR count). The number of carbonyl (C=O) groups is 1. The average Bonchev–Trinajstić information content (AvgIpc) is 2.86. The van der Waals surface area contributed by atoms with Gasteiger partial charge in [0.15, 0.2) is 0 Å². The van der Waals surface area contributed by atoms with Gasteiger partial charge in [0.05, 0.1) is 12.8 Å². The van der Waals surface area contributed by atoms with E-state index >= 15 is 0 Å². The van der Waals surface area contributed by atoms with Gasteiger partial charge in [0, 0.05) is 51.8 Å². The van der Waals surface area contributed by atoms with Crippen molar-refractivity contribution in [3.8, 4) is 5.75 Å². The van der Waals surface area contributed by atoms with Crippen molar-refractivity contribution in [1.29, 1.82) is 0 Å². The van der Waals surface area contributed by atoms with E-state index in [-0.39, 0.29) is 31.6 Å². The highest BCUT2D eigenvalue weighted by atomic mass is 32.2. The molecule has 2 fully saturated rings. The number of halogens is 1. The summed E-state index contributed by atoms with van der Waals surface area (Å²) in [4.78, 5) is 15.7. The van der Waals surface area contributed by atoms with Crippen LogP contribution < -0.4 is 4.74 Å². The molecule has 1 aromatic rings. The minimum atomic E-state index is -3.21. The number of benzene rings is 1.